The molecule has 2 amide bonds. The van der Waals surface area contributed by atoms with E-state index in [9.17, 15) is 24.3 Å². The van der Waals surface area contributed by atoms with Gasteiger partial charge in [0.25, 0.3) is 11.8 Å². The van der Waals surface area contributed by atoms with Crippen molar-refractivity contribution in [3.8, 4) is 0 Å². The second kappa shape index (κ2) is 13.7. The Balaban J connectivity index is 2.10. The number of ether oxygens (including phenoxy) is 2. The summed E-state index contributed by atoms with van der Waals surface area (Å²) in [7, 11) is 0. The van der Waals surface area contributed by atoms with Crippen molar-refractivity contribution >= 4 is 23.8 Å². The molecule has 3 atom stereocenters. The third kappa shape index (κ3) is 8.00. The Kier molecular flexibility index (Phi) is 10.7. The highest BCUT2D eigenvalue weighted by Crippen LogP contribution is 2.11. The number of hydrogen-bond acceptors (Lipinski definition) is 7. The first-order valence-corrected chi connectivity index (χ1v) is 11.1. The van der Waals surface area contributed by atoms with Gasteiger partial charge in [-0.05, 0) is 51.0 Å². The van der Waals surface area contributed by atoms with Gasteiger partial charge < -0.3 is 25.2 Å². The standard InChI is InChI=1S/C25H30N2O7/c1-3-33-24(31)19(26-22(29)17-11-7-5-8-12-17)15-16-20(28)21(25(32)34-4-2)27-23(30)18-13-9-6-10-14-18/h5-14,19-21,28H,3-4,15-16H2,1-2H3,(H,26,29)(H,27,30). The number of nitrogens with one attached hydrogen (secondary N) is 2. The maximum Gasteiger partial charge on any atom is 0.331 e. The van der Waals surface area contributed by atoms with E-state index in [2.05, 4.69) is 10.6 Å². The third-order valence-corrected chi connectivity index (χ3v) is 4.91. The molecule has 0 aromatic heterocycles. The fourth-order valence-corrected chi connectivity index (χ4v) is 3.19. The van der Waals surface area contributed by atoms with Gasteiger partial charge >= 0.3 is 11.9 Å². The second-order valence-corrected chi connectivity index (χ2v) is 7.36. The summed E-state index contributed by atoms with van der Waals surface area (Å²) in [5, 5.41) is 15.8. The summed E-state index contributed by atoms with van der Waals surface area (Å²) in [4.78, 5) is 49.9. The minimum absolute atomic E-state index is 0.0321. The maximum absolute atomic E-state index is 12.5. The minimum atomic E-state index is -1.38. The van der Waals surface area contributed by atoms with Gasteiger partial charge in [0.05, 0.1) is 19.3 Å². The normalized spacial score (nSPS) is 13.1. The Bertz CT molecular complexity index is 950. The molecule has 9 nitrogen and oxygen atoms in total. The average molecular weight is 471 g/mol. The molecule has 2 rings (SSSR count). The van der Waals surface area contributed by atoms with Gasteiger partial charge in [0.1, 0.15) is 6.04 Å². The molecule has 34 heavy (non-hydrogen) atoms. The molecule has 0 aliphatic heterocycles. The Morgan fingerprint density at radius 1 is 0.735 bits per heavy atom. The van der Waals surface area contributed by atoms with E-state index >= 15 is 0 Å². The summed E-state index contributed by atoms with van der Waals surface area (Å²) < 4.78 is 10.0. The molecule has 0 saturated heterocycles. The van der Waals surface area contributed by atoms with E-state index in [4.69, 9.17) is 9.47 Å². The lowest BCUT2D eigenvalue weighted by Crippen LogP contribution is -2.50. The molecular weight excluding hydrogens is 440 g/mol. The van der Waals surface area contributed by atoms with Crippen molar-refractivity contribution in [2.24, 2.45) is 0 Å². The number of hydrogen-bond donors (Lipinski definition) is 3. The summed E-state index contributed by atoms with van der Waals surface area (Å²) in [5.74, 6) is -2.51. The molecule has 3 unspecified atom stereocenters. The van der Waals surface area contributed by atoms with Gasteiger partial charge in [-0.15, -0.1) is 0 Å². The predicted octanol–water partition coefficient (Wildman–Crippen LogP) is 1.85. The van der Waals surface area contributed by atoms with E-state index in [-0.39, 0.29) is 26.1 Å². The molecular formula is C25H30N2O7. The molecule has 0 saturated carbocycles. The van der Waals surface area contributed by atoms with Gasteiger partial charge in [-0.2, -0.15) is 0 Å². The van der Waals surface area contributed by atoms with Crippen molar-refractivity contribution < 1.29 is 33.8 Å². The van der Waals surface area contributed by atoms with Crippen molar-refractivity contribution in [1.29, 1.82) is 0 Å². The Morgan fingerprint density at radius 2 is 1.21 bits per heavy atom. The minimum Gasteiger partial charge on any atom is -0.464 e. The van der Waals surface area contributed by atoms with Crippen LogP contribution in [-0.2, 0) is 19.1 Å². The largest absolute Gasteiger partial charge is 0.464 e. The van der Waals surface area contributed by atoms with E-state index < -0.39 is 41.9 Å². The summed E-state index contributed by atoms with van der Waals surface area (Å²) in [6, 6.07) is 14.1. The van der Waals surface area contributed by atoms with Gasteiger partial charge in [0.2, 0.25) is 0 Å². The zero-order valence-corrected chi connectivity index (χ0v) is 19.2. The molecule has 0 fully saturated rings. The van der Waals surface area contributed by atoms with E-state index in [1.807, 2.05) is 0 Å². The topological polar surface area (TPSA) is 131 Å². The van der Waals surface area contributed by atoms with E-state index in [1.165, 1.54) is 0 Å². The fourth-order valence-electron chi connectivity index (χ4n) is 3.19. The van der Waals surface area contributed by atoms with E-state index in [1.54, 1.807) is 74.5 Å². The smallest absolute Gasteiger partial charge is 0.331 e. The highest BCUT2D eigenvalue weighted by molar-refractivity contribution is 5.97. The quantitative estimate of drug-likeness (QED) is 0.404. The molecule has 2 aromatic carbocycles. The lowest BCUT2D eigenvalue weighted by molar-refractivity contribution is -0.148. The van der Waals surface area contributed by atoms with Crippen molar-refractivity contribution in [2.75, 3.05) is 13.2 Å². The van der Waals surface area contributed by atoms with Gasteiger partial charge in [0.15, 0.2) is 6.04 Å². The number of amides is 2. The number of rotatable bonds is 12. The van der Waals surface area contributed by atoms with Crippen LogP contribution in [0.5, 0.6) is 0 Å². The van der Waals surface area contributed by atoms with Crippen LogP contribution < -0.4 is 10.6 Å². The van der Waals surface area contributed by atoms with E-state index in [0.717, 1.165) is 0 Å². The van der Waals surface area contributed by atoms with Crippen molar-refractivity contribution in [1.82, 2.24) is 10.6 Å². The SMILES string of the molecule is CCOC(=O)C(CCC(O)C(NC(=O)c1ccccc1)C(=O)OCC)NC(=O)c1ccccc1. The van der Waals surface area contributed by atoms with Crippen LogP contribution in [0, 0.1) is 0 Å². The van der Waals surface area contributed by atoms with Crippen LogP contribution in [0.4, 0.5) is 0 Å². The average Bonchev–Trinajstić information content (AvgIpc) is 2.85. The lowest BCUT2D eigenvalue weighted by Gasteiger charge is -2.24. The van der Waals surface area contributed by atoms with Crippen LogP contribution in [0.2, 0.25) is 0 Å². The zero-order valence-electron chi connectivity index (χ0n) is 19.2. The van der Waals surface area contributed by atoms with E-state index in [0.29, 0.717) is 11.1 Å². The molecule has 0 aliphatic carbocycles. The van der Waals surface area contributed by atoms with Crippen molar-refractivity contribution in [3.63, 3.8) is 0 Å². The Labute approximate surface area is 198 Å². The lowest BCUT2D eigenvalue weighted by atomic mass is 10.0. The first kappa shape index (κ1) is 26.5. The third-order valence-electron chi connectivity index (χ3n) is 4.91. The highest BCUT2D eigenvalue weighted by Gasteiger charge is 2.32. The molecule has 2 aromatic rings. The molecule has 0 heterocycles. The number of aliphatic hydroxyl groups is 1. The number of carbonyl (C=O) groups is 4. The van der Waals surface area contributed by atoms with Crippen LogP contribution in [0.15, 0.2) is 60.7 Å². The Hall–Kier alpha value is -3.72. The molecule has 9 heteroatoms. The van der Waals surface area contributed by atoms with Crippen molar-refractivity contribution in [2.45, 2.75) is 44.9 Å². The number of aliphatic hydroxyl groups excluding tert-OH is 1. The summed E-state index contributed by atoms with van der Waals surface area (Å²) in [6.45, 7) is 3.41. The fraction of sp³-hybridized carbons (Fsp3) is 0.360. The first-order chi connectivity index (χ1) is 16.4. The molecule has 0 aliphatic rings. The summed E-state index contributed by atoms with van der Waals surface area (Å²) in [6.07, 6.45) is -1.51. The van der Waals surface area contributed by atoms with Gasteiger partial charge in [-0.1, -0.05) is 36.4 Å². The van der Waals surface area contributed by atoms with Crippen LogP contribution in [0.3, 0.4) is 0 Å². The van der Waals surface area contributed by atoms with Crippen LogP contribution in [0.1, 0.15) is 47.4 Å². The molecule has 0 bridgehead atoms. The van der Waals surface area contributed by atoms with Crippen molar-refractivity contribution in [3.05, 3.63) is 71.8 Å². The number of carbonyl (C=O) groups excluding carboxylic acids is 4. The number of esters is 2. The van der Waals surface area contributed by atoms with Gasteiger partial charge in [-0.25, -0.2) is 9.59 Å². The molecule has 0 spiro atoms. The first-order valence-electron chi connectivity index (χ1n) is 11.1. The monoisotopic (exact) mass is 470 g/mol. The Morgan fingerprint density at radius 3 is 1.71 bits per heavy atom. The van der Waals surface area contributed by atoms with Crippen LogP contribution in [0.25, 0.3) is 0 Å². The molecule has 182 valence electrons. The second-order valence-electron chi connectivity index (χ2n) is 7.36. The zero-order chi connectivity index (χ0) is 24.9. The van der Waals surface area contributed by atoms with Crippen LogP contribution >= 0.6 is 0 Å². The molecule has 0 radical (unpaired) electrons. The van der Waals surface area contributed by atoms with Crippen LogP contribution in [-0.4, -0.2) is 60.3 Å². The van der Waals surface area contributed by atoms with Gasteiger partial charge in [0, 0.05) is 11.1 Å². The summed E-state index contributed by atoms with van der Waals surface area (Å²) >= 11 is 0. The summed E-state index contributed by atoms with van der Waals surface area (Å²) in [5.41, 5.74) is 0.667. The number of benzene rings is 2. The maximum atomic E-state index is 12.5. The highest BCUT2D eigenvalue weighted by atomic mass is 16.5. The molecule has 3 N–H and O–H groups in total. The predicted molar refractivity (Wildman–Crippen MR) is 124 cm³/mol. The van der Waals surface area contributed by atoms with Gasteiger partial charge in [-0.3, -0.25) is 9.59 Å².